The zero-order valence-corrected chi connectivity index (χ0v) is 11.7. The lowest BCUT2D eigenvalue weighted by atomic mass is 9.87. The number of hydrogen-bond donors (Lipinski definition) is 3. The topological polar surface area (TPSA) is 58.3 Å². The molecule has 100 valence electrons. The Hall–Kier alpha value is -0.810. The molecule has 0 amide bonds. The second kappa shape index (κ2) is 5.89. The van der Waals surface area contributed by atoms with Crippen molar-refractivity contribution in [3.05, 3.63) is 22.4 Å². The normalized spacial score (nSPS) is 23.9. The number of anilines is 2. The fourth-order valence-electron chi connectivity index (χ4n) is 2.32. The van der Waals surface area contributed by atoms with Crippen LogP contribution in [0.4, 0.5) is 15.8 Å². The fraction of sp³-hybridized carbons (Fsp3) is 0.538. The summed E-state index contributed by atoms with van der Waals surface area (Å²) in [6.45, 7) is 0.776. The molecule has 1 aromatic carbocycles. The predicted octanol–water partition coefficient (Wildman–Crippen LogP) is 3.13. The highest BCUT2D eigenvalue weighted by Gasteiger charge is 2.19. The lowest BCUT2D eigenvalue weighted by molar-refractivity contribution is 0.111. The van der Waals surface area contributed by atoms with Crippen LogP contribution in [0, 0.1) is 11.7 Å². The van der Waals surface area contributed by atoms with Gasteiger partial charge in [0.15, 0.2) is 0 Å². The van der Waals surface area contributed by atoms with Crippen molar-refractivity contribution in [3.8, 4) is 0 Å². The Morgan fingerprint density at radius 1 is 1.33 bits per heavy atom. The Kier molecular flexibility index (Phi) is 4.45. The van der Waals surface area contributed by atoms with Gasteiger partial charge in [0.05, 0.1) is 22.0 Å². The van der Waals surface area contributed by atoms with Crippen molar-refractivity contribution in [2.24, 2.45) is 5.92 Å². The number of benzene rings is 1. The maximum Gasteiger partial charge on any atom is 0.139 e. The van der Waals surface area contributed by atoms with E-state index in [1.165, 1.54) is 6.07 Å². The van der Waals surface area contributed by atoms with E-state index in [0.29, 0.717) is 21.8 Å². The molecule has 1 aliphatic carbocycles. The van der Waals surface area contributed by atoms with E-state index < -0.39 is 0 Å². The molecule has 1 aromatic rings. The van der Waals surface area contributed by atoms with Crippen molar-refractivity contribution >= 4 is 27.3 Å². The summed E-state index contributed by atoms with van der Waals surface area (Å²) >= 11 is 3.10. The molecule has 0 bridgehead atoms. The first kappa shape index (κ1) is 13.6. The largest absolute Gasteiger partial charge is 0.397 e. The Morgan fingerprint density at radius 2 is 2.00 bits per heavy atom. The summed E-state index contributed by atoms with van der Waals surface area (Å²) in [5.41, 5.74) is 7.01. The lowest BCUT2D eigenvalue weighted by Crippen LogP contribution is -2.23. The minimum Gasteiger partial charge on any atom is -0.397 e. The molecular formula is C13H18BrFN2O. The van der Waals surface area contributed by atoms with Gasteiger partial charge in [0.2, 0.25) is 0 Å². The van der Waals surface area contributed by atoms with Crippen LogP contribution in [0.2, 0.25) is 0 Å². The van der Waals surface area contributed by atoms with E-state index in [4.69, 9.17) is 5.73 Å². The molecule has 18 heavy (non-hydrogen) atoms. The van der Waals surface area contributed by atoms with Gasteiger partial charge in [-0.05, 0) is 53.6 Å². The third kappa shape index (κ3) is 3.36. The molecule has 0 radical (unpaired) electrons. The first-order chi connectivity index (χ1) is 8.56. The van der Waals surface area contributed by atoms with Crippen molar-refractivity contribution < 1.29 is 9.50 Å². The molecule has 0 unspecified atom stereocenters. The molecule has 0 heterocycles. The summed E-state index contributed by atoms with van der Waals surface area (Å²) in [5, 5.41) is 12.6. The minimum absolute atomic E-state index is 0.142. The van der Waals surface area contributed by atoms with Gasteiger partial charge in [0, 0.05) is 12.6 Å². The van der Waals surface area contributed by atoms with Crippen LogP contribution in [0.1, 0.15) is 25.7 Å². The maximum absolute atomic E-state index is 13.4. The third-order valence-electron chi connectivity index (χ3n) is 3.49. The van der Waals surface area contributed by atoms with E-state index in [0.717, 1.165) is 32.2 Å². The average Bonchev–Trinajstić information content (AvgIpc) is 2.34. The first-order valence-electron chi connectivity index (χ1n) is 6.22. The van der Waals surface area contributed by atoms with Gasteiger partial charge in [-0.3, -0.25) is 0 Å². The van der Waals surface area contributed by atoms with Gasteiger partial charge in [-0.15, -0.1) is 0 Å². The third-order valence-corrected chi connectivity index (χ3v) is 4.10. The quantitative estimate of drug-likeness (QED) is 0.751. The van der Waals surface area contributed by atoms with Gasteiger partial charge < -0.3 is 16.2 Å². The van der Waals surface area contributed by atoms with Crippen LogP contribution in [0.15, 0.2) is 16.6 Å². The summed E-state index contributed by atoms with van der Waals surface area (Å²) in [4.78, 5) is 0. The molecule has 0 aromatic heterocycles. The fourth-order valence-corrected chi connectivity index (χ4v) is 2.68. The Bertz CT molecular complexity index is 420. The van der Waals surface area contributed by atoms with Gasteiger partial charge in [-0.1, -0.05) is 0 Å². The highest BCUT2D eigenvalue weighted by atomic mass is 79.9. The molecule has 1 saturated carbocycles. The summed E-state index contributed by atoms with van der Waals surface area (Å²) in [6.07, 6.45) is 3.59. The van der Waals surface area contributed by atoms with Crippen molar-refractivity contribution in [2.75, 3.05) is 17.6 Å². The highest BCUT2D eigenvalue weighted by Crippen LogP contribution is 2.28. The Labute approximate surface area is 115 Å². The van der Waals surface area contributed by atoms with Crippen molar-refractivity contribution in [2.45, 2.75) is 31.8 Å². The number of halogens is 2. The van der Waals surface area contributed by atoms with Gasteiger partial charge in [0.25, 0.3) is 0 Å². The number of rotatable bonds is 3. The van der Waals surface area contributed by atoms with Crippen LogP contribution in [-0.2, 0) is 0 Å². The maximum atomic E-state index is 13.4. The summed E-state index contributed by atoms with van der Waals surface area (Å²) in [5.74, 6) is 0.213. The molecule has 1 fully saturated rings. The van der Waals surface area contributed by atoms with Gasteiger partial charge in [0.1, 0.15) is 5.82 Å². The number of nitrogens with one attached hydrogen (secondary N) is 1. The van der Waals surface area contributed by atoms with Gasteiger partial charge >= 0.3 is 0 Å². The van der Waals surface area contributed by atoms with Crippen LogP contribution >= 0.6 is 15.9 Å². The van der Waals surface area contributed by atoms with Crippen molar-refractivity contribution in [1.82, 2.24) is 0 Å². The van der Waals surface area contributed by atoms with Crippen LogP contribution < -0.4 is 11.1 Å². The SMILES string of the molecule is Nc1cc(Br)c(F)cc1NCC1CCC(O)CC1. The summed E-state index contributed by atoms with van der Waals surface area (Å²) in [7, 11) is 0. The molecule has 0 saturated heterocycles. The van der Waals surface area contributed by atoms with Crippen molar-refractivity contribution in [1.29, 1.82) is 0 Å². The molecule has 5 heteroatoms. The van der Waals surface area contributed by atoms with E-state index >= 15 is 0 Å². The first-order valence-corrected chi connectivity index (χ1v) is 7.02. The van der Waals surface area contributed by atoms with E-state index in [9.17, 15) is 9.50 Å². The lowest BCUT2D eigenvalue weighted by Gasteiger charge is -2.26. The predicted molar refractivity (Wildman–Crippen MR) is 75.0 cm³/mol. The Morgan fingerprint density at radius 3 is 2.67 bits per heavy atom. The number of nitrogen functional groups attached to an aromatic ring is 1. The molecule has 2 rings (SSSR count). The molecule has 0 spiro atoms. The summed E-state index contributed by atoms with van der Waals surface area (Å²) < 4.78 is 13.8. The molecule has 3 nitrogen and oxygen atoms in total. The zero-order valence-electron chi connectivity index (χ0n) is 10.1. The monoisotopic (exact) mass is 316 g/mol. The minimum atomic E-state index is -0.314. The average molecular weight is 317 g/mol. The molecule has 1 aliphatic rings. The number of aliphatic hydroxyl groups is 1. The smallest absolute Gasteiger partial charge is 0.139 e. The highest BCUT2D eigenvalue weighted by molar-refractivity contribution is 9.10. The zero-order chi connectivity index (χ0) is 13.1. The van der Waals surface area contributed by atoms with Crippen LogP contribution in [0.5, 0.6) is 0 Å². The van der Waals surface area contributed by atoms with E-state index in [-0.39, 0.29) is 11.9 Å². The van der Waals surface area contributed by atoms with Crippen LogP contribution in [-0.4, -0.2) is 17.8 Å². The second-order valence-electron chi connectivity index (χ2n) is 4.91. The van der Waals surface area contributed by atoms with Crippen LogP contribution in [0.3, 0.4) is 0 Å². The van der Waals surface area contributed by atoms with E-state index in [2.05, 4.69) is 21.2 Å². The van der Waals surface area contributed by atoms with E-state index in [1.807, 2.05) is 0 Å². The molecule has 0 atom stereocenters. The van der Waals surface area contributed by atoms with E-state index in [1.54, 1.807) is 6.07 Å². The molecule has 0 aliphatic heterocycles. The standard InChI is InChI=1S/C13H18BrFN2O/c14-10-5-12(16)13(6-11(10)15)17-7-8-1-3-9(18)4-2-8/h5-6,8-9,17-18H,1-4,7,16H2. The second-order valence-corrected chi connectivity index (χ2v) is 5.76. The number of aliphatic hydroxyl groups excluding tert-OH is 1. The van der Waals surface area contributed by atoms with Gasteiger partial charge in [-0.2, -0.15) is 0 Å². The Balaban J connectivity index is 1.92. The van der Waals surface area contributed by atoms with Crippen LogP contribution in [0.25, 0.3) is 0 Å². The number of nitrogens with two attached hydrogens (primary N) is 1. The molecular weight excluding hydrogens is 299 g/mol. The van der Waals surface area contributed by atoms with Crippen molar-refractivity contribution in [3.63, 3.8) is 0 Å². The van der Waals surface area contributed by atoms with Gasteiger partial charge in [-0.25, -0.2) is 4.39 Å². The number of hydrogen-bond acceptors (Lipinski definition) is 3. The molecule has 4 N–H and O–H groups in total. The summed E-state index contributed by atoms with van der Waals surface area (Å²) in [6, 6.07) is 2.99.